The van der Waals surface area contributed by atoms with Gasteiger partial charge in [0.05, 0.1) is 6.42 Å². The molecule has 0 heterocycles. The van der Waals surface area contributed by atoms with Gasteiger partial charge < -0.3 is 16.4 Å². The van der Waals surface area contributed by atoms with E-state index in [4.69, 9.17) is 5.73 Å². The van der Waals surface area contributed by atoms with Crippen LogP contribution in [0.15, 0.2) is 48.5 Å². The van der Waals surface area contributed by atoms with Crippen LogP contribution < -0.4 is 16.4 Å². The second-order valence-corrected chi connectivity index (χ2v) is 6.74. The summed E-state index contributed by atoms with van der Waals surface area (Å²) < 4.78 is 0. The Bertz CT molecular complexity index is 752. The van der Waals surface area contributed by atoms with Crippen molar-refractivity contribution in [3.8, 4) is 0 Å². The van der Waals surface area contributed by atoms with Crippen molar-refractivity contribution in [2.75, 3.05) is 18.1 Å². The fourth-order valence-corrected chi connectivity index (χ4v) is 2.69. The highest BCUT2D eigenvalue weighted by Crippen LogP contribution is 2.28. The van der Waals surface area contributed by atoms with Gasteiger partial charge in [-0.15, -0.1) is 0 Å². The Hall–Kier alpha value is -2.82. The van der Waals surface area contributed by atoms with Crippen molar-refractivity contribution in [2.24, 2.45) is 0 Å². The molecule has 5 heteroatoms. The number of hydrogen-bond donors (Lipinski definition) is 3. The van der Waals surface area contributed by atoms with Crippen LogP contribution in [-0.4, -0.2) is 18.9 Å². The number of benzene rings is 2. The minimum atomic E-state index is -0.326. The van der Waals surface area contributed by atoms with Crippen molar-refractivity contribution >= 4 is 23.2 Å². The highest BCUT2D eigenvalue weighted by Gasteiger charge is 2.24. The summed E-state index contributed by atoms with van der Waals surface area (Å²) in [6, 6.07) is 14.9. The van der Waals surface area contributed by atoms with Crippen molar-refractivity contribution in [1.29, 1.82) is 0 Å². The van der Waals surface area contributed by atoms with E-state index in [0.717, 1.165) is 11.1 Å². The SMILES string of the molecule is CNC(=O)Cc1ccccc1NC(=O)CC(C)(C)c1ccc(N)cc1. The maximum absolute atomic E-state index is 12.5. The highest BCUT2D eigenvalue weighted by molar-refractivity contribution is 5.93. The molecular formula is C20H25N3O2. The Balaban J connectivity index is 2.09. The molecule has 132 valence electrons. The predicted molar refractivity (Wildman–Crippen MR) is 101 cm³/mol. The van der Waals surface area contributed by atoms with E-state index in [0.29, 0.717) is 17.8 Å². The van der Waals surface area contributed by atoms with Gasteiger partial charge in [-0.1, -0.05) is 44.2 Å². The molecule has 0 fully saturated rings. The summed E-state index contributed by atoms with van der Waals surface area (Å²) >= 11 is 0. The number of rotatable bonds is 6. The third kappa shape index (κ3) is 5.08. The molecule has 2 aromatic rings. The molecule has 0 radical (unpaired) electrons. The lowest BCUT2D eigenvalue weighted by Crippen LogP contribution is -2.26. The van der Waals surface area contributed by atoms with Gasteiger partial charge in [-0.25, -0.2) is 0 Å². The molecule has 4 N–H and O–H groups in total. The normalized spacial score (nSPS) is 11.0. The molecule has 2 rings (SSSR count). The van der Waals surface area contributed by atoms with Crippen molar-refractivity contribution in [1.82, 2.24) is 5.32 Å². The average Bonchev–Trinajstić information content (AvgIpc) is 2.56. The van der Waals surface area contributed by atoms with Gasteiger partial charge in [0.1, 0.15) is 0 Å². The number of nitrogens with two attached hydrogens (primary N) is 1. The summed E-state index contributed by atoms with van der Waals surface area (Å²) in [5, 5.41) is 5.53. The van der Waals surface area contributed by atoms with Crippen LogP contribution in [0.2, 0.25) is 0 Å². The summed E-state index contributed by atoms with van der Waals surface area (Å²) in [6.45, 7) is 4.04. The molecule has 0 aromatic heterocycles. The van der Waals surface area contributed by atoms with Crippen molar-refractivity contribution in [3.63, 3.8) is 0 Å². The van der Waals surface area contributed by atoms with E-state index in [1.807, 2.05) is 62.4 Å². The van der Waals surface area contributed by atoms with Gasteiger partial charge in [0, 0.05) is 24.8 Å². The van der Waals surface area contributed by atoms with Crippen molar-refractivity contribution in [3.05, 3.63) is 59.7 Å². The fourth-order valence-electron chi connectivity index (χ4n) is 2.69. The molecule has 0 bridgehead atoms. The van der Waals surface area contributed by atoms with Gasteiger partial charge in [0.25, 0.3) is 0 Å². The Morgan fingerprint density at radius 1 is 1.00 bits per heavy atom. The predicted octanol–water partition coefficient (Wildman–Crippen LogP) is 2.86. The number of nitrogens with one attached hydrogen (secondary N) is 2. The summed E-state index contributed by atoms with van der Waals surface area (Å²) in [7, 11) is 1.60. The van der Waals surface area contributed by atoms with Gasteiger partial charge >= 0.3 is 0 Å². The number of amides is 2. The second kappa shape index (κ2) is 7.83. The van der Waals surface area contributed by atoms with Crippen LogP contribution in [0.5, 0.6) is 0 Å². The molecule has 2 amide bonds. The number of nitrogen functional groups attached to an aromatic ring is 1. The summed E-state index contributed by atoms with van der Waals surface area (Å²) in [5.74, 6) is -0.185. The highest BCUT2D eigenvalue weighted by atomic mass is 16.2. The molecule has 2 aromatic carbocycles. The topological polar surface area (TPSA) is 84.2 Å². The molecule has 0 saturated carbocycles. The molecule has 25 heavy (non-hydrogen) atoms. The third-order valence-electron chi connectivity index (χ3n) is 4.22. The van der Waals surface area contributed by atoms with Gasteiger partial charge in [0.2, 0.25) is 11.8 Å². The summed E-state index contributed by atoms with van der Waals surface area (Å²) in [4.78, 5) is 24.2. The van der Waals surface area contributed by atoms with Gasteiger partial charge in [-0.2, -0.15) is 0 Å². The van der Waals surface area contributed by atoms with Crippen LogP contribution in [0.4, 0.5) is 11.4 Å². The number of anilines is 2. The smallest absolute Gasteiger partial charge is 0.225 e. The first kappa shape index (κ1) is 18.5. The van der Waals surface area contributed by atoms with E-state index in [2.05, 4.69) is 10.6 Å². The minimum Gasteiger partial charge on any atom is -0.399 e. The van der Waals surface area contributed by atoms with E-state index >= 15 is 0 Å². The van der Waals surface area contributed by atoms with Gasteiger partial charge in [-0.3, -0.25) is 9.59 Å². The Kier molecular flexibility index (Phi) is 5.80. The van der Waals surface area contributed by atoms with Crippen LogP contribution in [-0.2, 0) is 21.4 Å². The van der Waals surface area contributed by atoms with E-state index in [-0.39, 0.29) is 23.7 Å². The standard InChI is InChI=1S/C20H25N3O2/c1-20(2,15-8-10-16(21)11-9-15)13-19(25)23-17-7-5-4-6-14(17)12-18(24)22-3/h4-11H,12-13,21H2,1-3H3,(H,22,24)(H,23,25). The quantitative estimate of drug-likeness (QED) is 0.708. The summed E-state index contributed by atoms with van der Waals surface area (Å²) in [5.41, 5.74) is 8.62. The molecule has 0 saturated heterocycles. The van der Waals surface area contributed by atoms with Gasteiger partial charge in [-0.05, 0) is 34.7 Å². The average molecular weight is 339 g/mol. The number of carbonyl (C=O) groups is 2. The zero-order valence-corrected chi connectivity index (χ0v) is 14.9. The molecule has 5 nitrogen and oxygen atoms in total. The Morgan fingerprint density at radius 2 is 1.64 bits per heavy atom. The van der Waals surface area contributed by atoms with Crippen LogP contribution in [0, 0.1) is 0 Å². The third-order valence-corrected chi connectivity index (χ3v) is 4.22. The van der Waals surface area contributed by atoms with Crippen LogP contribution in [0.3, 0.4) is 0 Å². The lowest BCUT2D eigenvalue weighted by atomic mass is 9.81. The molecule has 0 aliphatic rings. The lowest BCUT2D eigenvalue weighted by Gasteiger charge is -2.25. The largest absolute Gasteiger partial charge is 0.399 e. The maximum Gasteiger partial charge on any atom is 0.225 e. The van der Waals surface area contributed by atoms with Crippen LogP contribution in [0.1, 0.15) is 31.4 Å². The molecule has 0 spiro atoms. The van der Waals surface area contributed by atoms with E-state index in [1.54, 1.807) is 7.05 Å². The number of carbonyl (C=O) groups excluding carboxylic acids is 2. The number of para-hydroxylation sites is 1. The Morgan fingerprint density at radius 3 is 2.28 bits per heavy atom. The second-order valence-electron chi connectivity index (χ2n) is 6.74. The fraction of sp³-hybridized carbons (Fsp3) is 0.300. The summed E-state index contributed by atoms with van der Waals surface area (Å²) in [6.07, 6.45) is 0.555. The molecule has 0 aliphatic carbocycles. The molecular weight excluding hydrogens is 314 g/mol. The van der Waals surface area contributed by atoms with E-state index in [9.17, 15) is 9.59 Å². The Labute approximate surface area is 148 Å². The molecule has 0 atom stereocenters. The maximum atomic E-state index is 12.5. The minimum absolute atomic E-state index is 0.0915. The monoisotopic (exact) mass is 339 g/mol. The lowest BCUT2D eigenvalue weighted by molar-refractivity contribution is -0.120. The molecule has 0 aliphatic heterocycles. The van der Waals surface area contributed by atoms with Crippen LogP contribution in [0.25, 0.3) is 0 Å². The first-order valence-corrected chi connectivity index (χ1v) is 8.26. The zero-order valence-electron chi connectivity index (χ0n) is 14.9. The first-order chi connectivity index (χ1) is 11.8. The van der Waals surface area contributed by atoms with Crippen LogP contribution >= 0.6 is 0 Å². The first-order valence-electron chi connectivity index (χ1n) is 8.26. The van der Waals surface area contributed by atoms with Crippen molar-refractivity contribution < 1.29 is 9.59 Å². The van der Waals surface area contributed by atoms with Crippen molar-refractivity contribution in [2.45, 2.75) is 32.1 Å². The molecule has 0 unspecified atom stereocenters. The van der Waals surface area contributed by atoms with E-state index in [1.165, 1.54) is 0 Å². The van der Waals surface area contributed by atoms with E-state index < -0.39 is 0 Å². The number of likely N-dealkylation sites (N-methyl/N-ethyl adjacent to an activating group) is 1. The number of hydrogen-bond acceptors (Lipinski definition) is 3. The van der Waals surface area contributed by atoms with Gasteiger partial charge in [0.15, 0.2) is 0 Å². The zero-order chi connectivity index (χ0) is 18.4.